The average Bonchev–Trinajstić information content (AvgIpc) is 3.31. The van der Waals surface area contributed by atoms with Crippen LogP contribution in [0.3, 0.4) is 0 Å². The van der Waals surface area contributed by atoms with Gasteiger partial charge in [-0.1, -0.05) is 29.8 Å². The summed E-state index contributed by atoms with van der Waals surface area (Å²) in [7, 11) is 0. The number of urea groups is 1. The quantitative estimate of drug-likeness (QED) is 0.356. The third-order valence-corrected chi connectivity index (χ3v) is 4.96. The zero-order valence-corrected chi connectivity index (χ0v) is 19.1. The highest BCUT2D eigenvalue weighted by molar-refractivity contribution is 6.07. The van der Waals surface area contributed by atoms with E-state index in [1.807, 2.05) is 45.0 Å². The van der Waals surface area contributed by atoms with Crippen LogP contribution in [-0.4, -0.2) is 28.2 Å². The highest BCUT2D eigenvalue weighted by Gasteiger charge is 2.14. The largest absolute Gasteiger partial charge is 0.416 e. The molecule has 0 spiro atoms. The number of hydrogen-bond donors (Lipinski definition) is 3. The number of nitrogens with zero attached hydrogens (tertiary/aromatic N) is 2. The molecular formula is C26H25N5O3. The minimum absolute atomic E-state index is 0.00733. The Balaban J connectivity index is 1.45. The van der Waals surface area contributed by atoms with Crippen molar-refractivity contribution in [2.45, 2.75) is 26.8 Å². The molecule has 4 rings (SSSR count). The normalized spacial score (nSPS) is 10.7. The Bertz CT molecular complexity index is 1290. The number of benzene rings is 3. The molecule has 0 aliphatic carbocycles. The van der Waals surface area contributed by atoms with Crippen LogP contribution in [0, 0.1) is 6.92 Å². The van der Waals surface area contributed by atoms with Crippen molar-refractivity contribution in [3.63, 3.8) is 0 Å². The summed E-state index contributed by atoms with van der Waals surface area (Å²) in [5, 5.41) is 16.6. The monoisotopic (exact) mass is 455 g/mol. The van der Waals surface area contributed by atoms with Crippen LogP contribution in [0.4, 0.5) is 16.2 Å². The van der Waals surface area contributed by atoms with E-state index in [9.17, 15) is 9.59 Å². The molecule has 1 heterocycles. The predicted molar refractivity (Wildman–Crippen MR) is 132 cm³/mol. The van der Waals surface area contributed by atoms with Crippen LogP contribution in [-0.2, 0) is 0 Å². The first-order valence-corrected chi connectivity index (χ1v) is 10.9. The van der Waals surface area contributed by atoms with Gasteiger partial charge in [-0.2, -0.15) is 0 Å². The Hall–Kier alpha value is -4.46. The number of rotatable bonds is 6. The molecule has 3 aromatic carbocycles. The second-order valence-corrected chi connectivity index (χ2v) is 8.11. The molecule has 3 N–H and O–H groups in total. The third-order valence-electron chi connectivity index (χ3n) is 4.96. The first kappa shape index (κ1) is 22.7. The fraction of sp³-hybridized carbons (Fsp3) is 0.154. The topological polar surface area (TPSA) is 109 Å². The molecule has 3 amide bonds. The standard InChI is InChI=1S/C26H25N5O3/c1-16(2)27-26(33)29-22-7-5-4-6-21(22)28-23(32)18-12-14-20(15-13-18)25-31-30-24(34-25)19-10-8-17(3)9-11-19/h4-16H,1-3H3,(H,28,32)(H2,27,29,33). The van der Waals surface area contributed by atoms with E-state index in [1.165, 1.54) is 0 Å². The summed E-state index contributed by atoms with van der Waals surface area (Å²) < 4.78 is 5.80. The SMILES string of the molecule is Cc1ccc(-c2nnc(-c3ccc(C(=O)Nc4ccccc4NC(=O)NC(C)C)cc3)o2)cc1. The van der Waals surface area contributed by atoms with Crippen molar-refractivity contribution in [1.82, 2.24) is 15.5 Å². The van der Waals surface area contributed by atoms with E-state index >= 15 is 0 Å². The summed E-state index contributed by atoms with van der Waals surface area (Å²) in [6.07, 6.45) is 0. The number of aryl methyl sites for hydroxylation is 1. The highest BCUT2D eigenvalue weighted by atomic mass is 16.4. The van der Waals surface area contributed by atoms with E-state index in [1.54, 1.807) is 48.5 Å². The summed E-state index contributed by atoms with van der Waals surface area (Å²) in [4.78, 5) is 24.9. The van der Waals surface area contributed by atoms with Crippen LogP contribution in [0.1, 0.15) is 29.8 Å². The molecule has 0 saturated carbocycles. The Labute approximate surface area is 197 Å². The van der Waals surface area contributed by atoms with E-state index in [-0.39, 0.29) is 18.0 Å². The summed E-state index contributed by atoms with van der Waals surface area (Å²) in [6.45, 7) is 5.75. The number of carbonyl (C=O) groups excluding carboxylic acids is 2. The van der Waals surface area contributed by atoms with E-state index in [4.69, 9.17) is 4.42 Å². The molecule has 0 aliphatic heterocycles. The van der Waals surface area contributed by atoms with Gasteiger partial charge in [0.25, 0.3) is 5.91 Å². The lowest BCUT2D eigenvalue weighted by Crippen LogP contribution is -2.34. The number of anilines is 2. The molecule has 0 atom stereocenters. The smallest absolute Gasteiger partial charge is 0.319 e. The Morgan fingerprint density at radius 2 is 1.29 bits per heavy atom. The van der Waals surface area contributed by atoms with Crippen molar-refractivity contribution in [1.29, 1.82) is 0 Å². The van der Waals surface area contributed by atoms with Crippen LogP contribution < -0.4 is 16.0 Å². The minimum Gasteiger partial charge on any atom is -0.416 e. The molecule has 0 fully saturated rings. The van der Waals surface area contributed by atoms with Crippen LogP contribution in [0.5, 0.6) is 0 Å². The van der Waals surface area contributed by atoms with Gasteiger partial charge < -0.3 is 20.4 Å². The lowest BCUT2D eigenvalue weighted by molar-refractivity contribution is 0.102. The second kappa shape index (κ2) is 9.99. The van der Waals surface area contributed by atoms with Crippen molar-refractivity contribution >= 4 is 23.3 Å². The first-order chi connectivity index (χ1) is 16.4. The van der Waals surface area contributed by atoms with E-state index in [0.717, 1.165) is 11.1 Å². The van der Waals surface area contributed by atoms with Gasteiger partial charge in [0.15, 0.2) is 0 Å². The number of hydrogen-bond acceptors (Lipinski definition) is 5. The molecule has 8 heteroatoms. The molecular weight excluding hydrogens is 430 g/mol. The molecule has 4 aromatic rings. The lowest BCUT2D eigenvalue weighted by Gasteiger charge is -2.14. The number of amides is 3. The van der Waals surface area contributed by atoms with Gasteiger partial charge in [0.1, 0.15) is 0 Å². The maximum Gasteiger partial charge on any atom is 0.319 e. The van der Waals surface area contributed by atoms with Gasteiger partial charge in [0, 0.05) is 22.7 Å². The molecule has 0 bridgehead atoms. The van der Waals surface area contributed by atoms with Gasteiger partial charge in [0.05, 0.1) is 11.4 Å². The number of para-hydroxylation sites is 2. The maximum atomic E-state index is 12.8. The Kier molecular flexibility index (Phi) is 6.68. The number of nitrogens with one attached hydrogen (secondary N) is 3. The molecule has 0 radical (unpaired) electrons. The maximum absolute atomic E-state index is 12.8. The summed E-state index contributed by atoms with van der Waals surface area (Å²) in [6, 6.07) is 21.4. The molecule has 34 heavy (non-hydrogen) atoms. The number of aromatic nitrogens is 2. The van der Waals surface area contributed by atoms with Gasteiger partial charge in [-0.25, -0.2) is 4.79 Å². The minimum atomic E-state index is -0.342. The lowest BCUT2D eigenvalue weighted by atomic mass is 10.1. The van der Waals surface area contributed by atoms with Crippen LogP contribution in [0.15, 0.2) is 77.2 Å². The molecule has 8 nitrogen and oxygen atoms in total. The Morgan fingerprint density at radius 3 is 1.85 bits per heavy atom. The fourth-order valence-corrected chi connectivity index (χ4v) is 3.23. The van der Waals surface area contributed by atoms with Crippen molar-refractivity contribution in [3.05, 3.63) is 83.9 Å². The van der Waals surface area contributed by atoms with Crippen molar-refractivity contribution in [3.8, 4) is 22.9 Å². The van der Waals surface area contributed by atoms with Crippen molar-refractivity contribution in [2.24, 2.45) is 0 Å². The van der Waals surface area contributed by atoms with Gasteiger partial charge in [0.2, 0.25) is 11.8 Å². The van der Waals surface area contributed by atoms with Crippen molar-refractivity contribution < 1.29 is 14.0 Å². The molecule has 0 unspecified atom stereocenters. The fourth-order valence-electron chi connectivity index (χ4n) is 3.23. The zero-order valence-electron chi connectivity index (χ0n) is 19.1. The number of carbonyl (C=O) groups is 2. The van der Waals surface area contributed by atoms with Gasteiger partial charge in [-0.15, -0.1) is 10.2 Å². The summed E-state index contributed by atoms with van der Waals surface area (Å²) >= 11 is 0. The highest BCUT2D eigenvalue weighted by Crippen LogP contribution is 2.25. The van der Waals surface area contributed by atoms with Crippen molar-refractivity contribution in [2.75, 3.05) is 10.6 Å². The molecule has 1 aromatic heterocycles. The first-order valence-electron chi connectivity index (χ1n) is 10.9. The average molecular weight is 456 g/mol. The van der Waals surface area contributed by atoms with Crippen LogP contribution >= 0.6 is 0 Å². The zero-order chi connectivity index (χ0) is 24.1. The van der Waals surface area contributed by atoms with Gasteiger partial charge in [-0.05, 0) is 69.3 Å². The van der Waals surface area contributed by atoms with Gasteiger partial charge in [-0.3, -0.25) is 4.79 Å². The van der Waals surface area contributed by atoms with Crippen LogP contribution in [0.25, 0.3) is 22.9 Å². The summed E-state index contributed by atoms with van der Waals surface area (Å²) in [5.74, 6) is 0.492. The van der Waals surface area contributed by atoms with Gasteiger partial charge >= 0.3 is 6.03 Å². The predicted octanol–water partition coefficient (Wildman–Crippen LogP) is 5.49. The van der Waals surface area contributed by atoms with E-state index in [2.05, 4.69) is 26.1 Å². The summed E-state index contributed by atoms with van der Waals surface area (Å²) in [5.41, 5.74) is 4.14. The molecule has 0 saturated heterocycles. The van der Waals surface area contributed by atoms with E-state index < -0.39 is 0 Å². The van der Waals surface area contributed by atoms with E-state index in [0.29, 0.717) is 34.3 Å². The second-order valence-electron chi connectivity index (χ2n) is 8.11. The molecule has 172 valence electrons. The third kappa shape index (κ3) is 5.47. The molecule has 0 aliphatic rings. The van der Waals surface area contributed by atoms with Crippen LogP contribution in [0.2, 0.25) is 0 Å². The Morgan fingerprint density at radius 1 is 0.765 bits per heavy atom.